The van der Waals surface area contributed by atoms with Crippen molar-refractivity contribution < 1.29 is 14.6 Å². The van der Waals surface area contributed by atoms with Gasteiger partial charge in [-0.05, 0) is 25.5 Å². The van der Waals surface area contributed by atoms with E-state index in [-0.39, 0.29) is 11.5 Å². The molecular formula is C15H22O3. The Morgan fingerprint density at radius 2 is 1.94 bits per heavy atom. The zero-order chi connectivity index (χ0) is 13.4. The van der Waals surface area contributed by atoms with Crippen LogP contribution in [0.5, 0.6) is 11.5 Å². The van der Waals surface area contributed by atoms with E-state index in [1.807, 2.05) is 0 Å². The normalized spacial score (nSPS) is 10.3. The molecule has 1 N–H and O–H groups in total. The molecule has 0 atom stereocenters. The van der Waals surface area contributed by atoms with E-state index < -0.39 is 0 Å². The highest BCUT2D eigenvalue weighted by Gasteiger charge is 2.07. The van der Waals surface area contributed by atoms with Crippen LogP contribution in [0.15, 0.2) is 18.2 Å². The molecule has 1 rings (SSSR count). The smallest absolute Gasteiger partial charge is 0.163 e. The van der Waals surface area contributed by atoms with Gasteiger partial charge in [0.2, 0.25) is 0 Å². The molecule has 0 saturated carbocycles. The third-order valence-corrected chi connectivity index (χ3v) is 2.87. The van der Waals surface area contributed by atoms with Crippen LogP contribution in [-0.2, 0) is 0 Å². The second-order valence-corrected chi connectivity index (χ2v) is 4.50. The van der Waals surface area contributed by atoms with Gasteiger partial charge in [0, 0.05) is 6.07 Å². The third kappa shape index (κ3) is 4.78. The molecule has 0 amide bonds. The second-order valence-electron chi connectivity index (χ2n) is 4.50. The molecule has 100 valence electrons. The standard InChI is InChI=1S/C15H22O3/c1-3-4-5-6-7-10-18-13-8-9-14(12(2)16)15(17)11-13/h8-9,11,17H,3-7,10H2,1-2H3. The van der Waals surface area contributed by atoms with E-state index in [9.17, 15) is 9.90 Å². The van der Waals surface area contributed by atoms with Crippen LogP contribution in [0.1, 0.15) is 56.3 Å². The van der Waals surface area contributed by atoms with E-state index in [1.54, 1.807) is 12.1 Å². The Hall–Kier alpha value is -1.51. The van der Waals surface area contributed by atoms with Crippen molar-refractivity contribution in [2.45, 2.75) is 46.0 Å². The van der Waals surface area contributed by atoms with Gasteiger partial charge in [-0.15, -0.1) is 0 Å². The summed E-state index contributed by atoms with van der Waals surface area (Å²) < 4.78 is 5.53. The van der Waals surface area contributed by atoms with E-state index in [0.717, 1.165) is 6.42 Å². The number of phenolic OH excluding ortho intramolecular Hbond substituents is 1. The number of hydrogen-bond donors (Lipinski definition) is 1. The maximum Gasteiger partial charge on any atom is 0.163 e. The van der Waals surface area contributed by atoms with Crippen molar-refractivity contribution >= 4 is 5.78 Å². The lowest BCUT2D eigenvalue weighted by Gasteiger charge is -2.08. The minimum Gasteiger partial charge on any atom is -0.507 e. The van der Waals surface area contributed by atoms with E-state index >= 15 is 0 Å². The van der Waals surface area contributed by atoms with Crippen molar-refractivity contribution in [2.24, 2.45) is 0 Å². The van der Waals surface area contributed by atoms with E-state index in [0.29, 0.717) is 17.9 Å². The summed E-state index contributed by atoms with van der Waals surface area (Å²) in [6, 6.07) is 4.83. The number of hydrogen-bond acceptors (Lipinski definition) is 3. The van der Waals surface area contributed by atoms with Crippen LogP contribution >= 0.6 is 0 Å². The molecule has 0 unspecified atom stereocenters. The van der Waals surface area contributed by atoms with Gasteiger partial charge in [-0.1, -0.05) is 32.6 Å². The Bertz CT molecular complexity index is 385. The molecule has 0 aliphatic heterocycles. The van der Waals surface area contributed by atoms with Gasteiger partial charge in [0.15, 0.2) is 5.78 Å². The topological polar surface area (TPSA) is 46.5 Å². The summed E-state index contributed by atoms with van der Waals surface area (Å²) in [6.45, 7) is 4.28. The van der Waals surface area contributed by atoms with E-state index in [4.69, 9.17) is 4.74 Å². The number of benzene rings is 1. The fourth-order valence-corrected chi connectivity index (χ4v) is 1.79. The number of ether oxygens (including phenoxy) is 1. The Morgan fingerprint density at radius 1 is 1.22 bits per heavy atom. The van der Waals surface area contributed by atoms with Gasteiger partial charge in [0.05, 0.1) is 12.2 Å². The Kier molecular flexibility index (Phi) is 6.26. The molecule has 0 spiro atoms. The van der Waals surface area contributed by atoms with Crippen LogP contribution < -0.4 is 4.74 Å². The van der Waals surface area contributed by atoms with Crippen LogP contribution in [0.4, 0.5) is 0 Å². The number of ketones is 1. The van der Waals surface area contributed by atoms with Crippen LogP contribution in [0, 0.1) is 0 Å². The number of aromatic hydroxyl groups is 1. The van der Waals surface area contributed by atoms with Gasteiger partial charge in [0.25, 0.3) is 0 Å². The molecule has 0 radical (unpaired) electrons. The van der Waals surface area contributed by atoms with Crippen molar-refractivity contribution in [1.29, 1.82) is 0 Å². The van der Waals surface area contributed by atoms with Gasteiger partial charge >= 0.3 is 0 Å². The van der Waals surface area contributed by atoms with Crippen LogP contribution in [0.25, 0.3) is 0 Å². The zero-order valence-corrected chi connectivity index (χ0v) is 11.2. The monoisotopic (exact) mass is 250 g/mol. The fourth-order valence-electron chi connectivity index (χ4n) is 1.79. The fraction of sp³-hybridized carbons (Fsp3) is 0.533. The summed E-state index contributed by atoms with van der Waals surface area (Å²) in [7, 11) is 0. The van der Waals surface area contributed by atoms with Crippen LogP contribution in [-0.4, -0.2) is 17.5 Å². The zero-order valence-electron chi connectivity index (χ0n) is 11.2. The molecule has 0 heterocycles. The average Bonchev–Trinajstić information content (AvgIpc) is 2.33. The lowest BCUT2D eigenvalue weighted by atomic mass is 10.1. The van der Waals surface area contributed by atoms with E-state index in [2.05, 4.69) is 6.92 Å². The number of rotatable bonds is 8. The van der Waals surface area contributed by atoms with Gasteiger partial charge in [0.1, 0.15) is 11.5 Å². The number of phenols is 1. The maximum absolute atomic E-state index is 11.1. The highest BCUT2D eigenvalue weighted by molar-refractivity contribution is 5.96. The van der Waals surface area contributed by atoms with Crippen LogP contribution in [0.3, 0.4) is 0 Å². The van der Waals surface area contributed by atoms with Gasteiger partial charge < -0.3 is 9.84 Å². The van der Waals surface area contributed by atoms with Gasteiger partial charge in [-0.3, -0.25) is 4.79 Å². The van der Waals surface area contributed by atoms with Crippen molar-refractivity contribution in [3.63, 3.8) is 0 Å². The van der Waals surface area contributed by atoms with Crippen molar-refractivity contribution in [1.82, 2.24) is 0 Å². The molecule has 1 aromatic rings. The summed E-state index contributed by atoms with van der Waals surface area (Å²) in [5, 5.41) is 9.63. The highest BCUT2D eigenvalue weighted by Crippen LogP contribution is 2.24. The van der Waals surface area contributed by atoms with Crippen molar-refractivity contribution in [2.75, 3.05) is 6.61 Å². The molecule has 3 heteroatoms. The SMILES string of the molecule is CCCCCCCOc1ccc(C(C)=O)c(O)c1. The number of carbonyl (C=O) groups excluding carboxylic acids is 1. The summed E-state index contributed by atoms with van der Waals surface area (Å²) in [5.41, 5.74) is 0.338. The Balaban J connectivity index is 2.35. The molecule has 0 aromatic heterocycles. The average molecular weight is 250 g/mol. The second kappa shape index (κ2) is 7.75. The highest BCUT2D eigenvalue weighted by atomic mass is 16.5. The molecule has 18 heavy (non-hydrogen) atoms. The molecule has 0 saturated heterocycles. The lowest BCUT2D eigenvalue weighted by Crippen LogP contribution is -1.98. The van der Waals surface area contributed by atoms with Gasteiger partial charge in [-0.25, -0.2) is 0 Å². The van der Waals surface area contributed by atoms with Crippen molar-refractivity contribution in [3.8, 4) is 11.5 Å². The Labute approximate surface area is 109 Å². The predicted octanol–water partition coefficient (Wildman–Crippen LogP) is 3.94. The predicted molar refractivity (Wildman–Crippen MR) is 72.4 cm³/mol. The molecule has 0 bridgehead atoms. The first-order chi connectivity index (χ1) is 8.65. The number of Topliss-reactive ketones (excluding diaryl/α,β-unsaturated/α-hetero) is 1. The largest absolute Gasteiger partial charge is 0.507 e. The summed E-state index contributed by atoms with van der Waals surface area (Å²) in [6.07, 6.45) is 5.95. The summed E-state index contributed by atoms with van der Waals surface area (Å²) >= 11 is 0. The number of unbranched alkanes of at least 4 members (excludes halogenated alkanes) is 4. The molecule has 1 aromatic carbocycles. The first kappa shape index (κ1) is 14.6. The molecule has 0 aliphatic carbocycles. The first-order valence-corrected chi connectivity index (χ1v) is 6.62. The molecule has 0 fully saturated rings. The third-order valence-electron chi connectivity index (χ3n) is 2.87. The first-order valence-electron chi connectivity index (χ1n) is 6.62. The lowest BCUT2D eigenvalue weighted by molar-refractivity contribution is 0.101. The van der Waals surface area contributed by atoms with E-state index in [1.165, 1.54) is 38.7 Å². The van der Waals surface area contributed by atoms with Crippen LogP contribution in [0.2, 0.25) is 0 Å². The van der Waals surface area contributed by atoms with Gasteiger partial charge in [-0.2, -0.15) is 0 Å². The quantitative estimate of drug-likeness (QED) is 0.561. The number of carbonyl (C=O) groups is 1. The molecule has 0 aliphatic rings. The Morgan fingerprint density at radius 3 is 2.56 bits per heavy atom. The minimum atomic E-state index is -0.140. The summed E-state index contributed by atoms with van der Waals surface area (Å²) in [4.78, 5) is 11.1. The maximum atomic E-state index is 11.1. The summed E-state index contributed by atoms with van der Waals surface area (Å²) in [5.74, 6) is 0.470. The van der Waals surface area contributed by atoms with Crippen molar-refractivity contribution in [3.05, 3.63) is 23.8 Å². The minimum absolute atomic E-state index is 0.00835. The molecular weight excluding hydrogens is 228 g/mol. The molecule has 3 nitrogen and oxygen atoms in total.